The number of hydrogen-bond donors (Lipinski definition) is 2. The summed E-state index contributed by atoms with van der Waals surface area (Å²) in [6.45, 7) is 4.14. The number of pyridine rings is 1. The molecular weight excluding hydrogens is 504 g/mol. The van der Waals surface area contributed by atoms with Gasteiger partial charge in [0, 0.05) is 18.8 Å². The van der Waals surface area contributed by atoms with E-state index >= 15 is 0 Å². The molecule has 1 aliphatic carbocycles. The number of para-hydroxylation sites is 2. The molecule has 2 aromatic carbocycles. The number of imidazole rings is 1. The number of amides is 1. The molecule has 9 heteroatoms. The smallest absolute Gasteiger partial charge is 0.337 e. The third kappa shape index (κ3) is 4.96. The van der Waals surface area contributed by atoms with Gasteiger partial charge in [-0.05, 0) is 75.8 Å². The van der Waals surface area contributed by atoms with E-state index in [1.54, 1.807) is 29.7 Å². The standard InChI is InChI=1S/C29H29ClN4O4/c1-17-7-12-24(23(13-17)28(36)37)34-26-6-4-3-5-25(26)33(29(34)38)16-19-8-10-21(11-9-19)32-27(35)22-14-20(30)15-31-18(22)2/h3-7,12-15,19,21H,8-11,16H2,1-2H3,(H,32,35)(H,36,37). The number of carbonyl (C=O) groups is 2. The lowest BCUT2D eigenvalue weighted by molar-refractivity contribution is 0.0696. The van der Waals surface area contributed by atoms with Crippen LogP contribution in [0.5, 0.6) is 0 Å². The highest BCUT2D eigenvalue weighted by Gasteiger charge is 2.26. The summed E-state index contributed by atoms with van der Waals surface area (Å²) in [7, 11) is 0. The molecule has 0 saturated heterocycles. The normalized spacial score (nSPS) is 17.4. The fraction of sp³-hybridized carbons (Fsp3) is 0.310. The van der Waals surface area contributed by atoms with Crippen LogP contribution < -0.4 is 11.0 Å². The molecule has 1 saturated carbocycles. The molecular formula is C29H29ClN4O4. The second-order valence-electron chi connectivity index (χ2n) is 10.0. The molecule has 0 atom stereocenters. The highest BCUT2D eigenvalue weighted by Crippen LogP contribution is 2.28. The fourth-order valence-electron chi connectivity index (χ4n) is 5.38. The summed E-state index contributed by atoms with van der Waals surface area (Å²) in [6.07, 6.45) is 4.85. The first kappa shape index (κ1) is 25.7. The van der Waals surface area contributed by atoms with Gasteiger partial charge in [0.15, 0.2) is 0 Å². The number of nitrogens with one attached hydrogen (secondary N) is 1. The minimum absolute atomic E-state index is 0.0425. The highest BCUT2D eigenvalue weighted by atomic mass is 35.5. The lowest BCUT2D eigenvalue weighted by Gasteiger charge is -2.29. The van der Waals surface area contributed by atoms with E-state index in [-0.39, 0.29) is 29.1 Å². The molecule has 1 aliphatic rings. The predicted molar refractivity (Wildman–Crippen MR) is 146 cm³/mol. The molecule has 0 unspecified atom stereocenters. The number of carbonyl (C=O) groups excluding carboxylic acids is 1. The topological polar surface area (TPSA) is 106 Å². The quantitative estimate of drug-likeness (QED) is 0.357. The van der Waals surface area contributed by atoms with Crippen LogP contribution >= 0.6 is 11.6 Å². The Morgan fingerprint density at radius 3 is 2.45 bits per heavy atom. The van der Waals surface area contributed by atoms with Crippen molar-refractivity contribution in [2.75, 3.05) is 0 Å². The van der Waals surface area contributed by atoms with Crippen LogP contribution in [-0.2, 0) is 6.54 Å². The summed E-state index contributed by atoms with van der Waals surface area (Å²) in [6, 6.07) is 14.3. The number of aromatic carboxylic acids is 1. The monoisotopic (exact) mass is 532 g/mol. The number of benzene rings is 2. The molecule has 0 spiro atoms. The molecule has 1 amide bonds. The van der Waals surface area contributed by atoms with E-state index in [4.69, 9.17) is 11.6 Å². The molecule has 0 bridgehead atoms. The van der Waals surface area contributed by atoms with Gasteiger partial charge < -0.3 is 10.4 Å². The van der Waals surface area contributed by atoms with Crippen LogP contribution in [0.4, 0.5) is 0 Å². The van der Waals surface area contributed by atoms with Crippen LogP contribution in [0.2, 0.25) is 5.02 Å². The first-order chi connectivity index (χ1) is 18.2. The second-order valence-corrected chi connectivity index (χ2v) is 10.5. The first-order valence-corrected chi connectivity index (χ1v) is 13.1. The van der Waals surface area contributed by atoms with Gasteiger partial charge in [0.1, 0.15) is 0 Å². The van der Waals surface area contributed by atoms with Crippen LogP contribution in [0.1, 0.15) is 57.7 Å². The van der Waals surface area contributed by atoms with Crippen molar-refractivity contribution in [3.63, 3.8) is 0 Å². The van der Waals surface area contributed by atoms with Gasteiger partial charge in [0.2, 0.25) is 0 Å². The van der Waals surface area contributed by atoms with Crippen LogP contribution in [0.25, 0.3) is 16.7 Å². The van der Waals surface area contributed by atoms with Gasteiger partial charge in [-0.15, -0.1) is 0 Å². The molecule has 2 N–H and O–H groups in total. The minimum atomic E-state index is -1.07. The lowest BCUT2D eigenvalue weighted by Crippen LogP contribution is -2.39. The zero-order valence-electron chi connectivity index (χ0n) is 21.3. The van der Waals surface area contributed by atoms with E-state index in [0.717, 1.165) is 36.8 Å². The summed E-state index contributed by atoms with van der Waals surface area (Å²) in [5, 5.41) is 13.3. The number of aromatic nitrogens is 3. The van der Waals surface area contributed by atoms with Crippen LogP contribution in [0, 0.1) is 19.8 Å². The van der Waals surface area contributed by atoms with E-state index < -0.39 is 5.97 Å². The van der Waals surface area contributed by atoms with Crippen molar-refractivity contribution in [1.29, 1.82) is 0 Å². The predicted octanol–water partition coefficient (Wildman–Crippen LogP) is 5.14. The van der Waals surface area contributed by atoms with Crippen LogP contribution in [-0.4, -0.2) is 37.1 Å². The SMILES string of the molecule is Cc1ccc(-n2c(=O)n(CC3CCC(NC(=O)c4cc(Cl)cnc4C)CC3)c3ccccc32)c(C(=O)O)c1. The van der Waals surface area contributed by atoms with Gasteiger partial charge in [0.25, 0.3) is 5.91 Å². The number of hydrogen-bond acceptors (Lipinski definition) is 4. The van der Waals surface area contributed by atoms with Crippen LogP contribution in [0.3, 0.4) is 0 Å². The zero-order chi connectivity index (χ0) is 27.0. The molecule has 5 rings (SSSR count). The van der Waals surface area contributed by atoms with Gasteiger partial charge in [-0.1, -0.05) is 35.4 Å². The number of rotatable bonds is 6. The van der Waals surface area contributed by atoms with Crippen molar-refractivity contribution in [3.8, 4) is 5.69 Å². The third-order valence-corrected chi connectivity index (χ3v) is 7.59. The number of carboxylic acids is 1. The lowest BCUT2D eigenvalue weighted by atomic mass is 9.85. The van der Waals surface area contributed by atoms with Gasteiger partial charge >= 0.3 is 11.7 Å². The molecule has 4 aromatic rings. The fourth-order valence-corrected chi connectivity index (χ4v) is 5.54. The Labute approximate surface area is 224 Å². The molecule has 8 nitrogen and oxygen atoms in total. The Morgan fingerprint density at radius 1 is 1.03 bits per heavy atom. The van der Waals surface area contributed by atoms with Crippen molar-refractivity contribution in [1.82, 2.24) is 19.4 Å². The number of carboxylic acid groups (broad SMARTS) is 1. The van der Waals surface area contributed by atoms with Crippen molar-refractivity contribution < 1.29 is 14.7 Å². The minimum Gasteiger partial charge on any atom is -0.478 e. The average Bonchev–Trinajstić information content (AvgIpc) is 3.17. The largest absolute Gasteiger partial charge is 0.478 e. The Hall–Kier alpha value is -3.91. The molecule has 38 heavy (non-hydrogen) atoms. The highest BCUT2D eigenvalue weighted by molar-refractivity contribution is 6.30. The summed E-state index contributed by atoms with van der Waals surface area (Å²) >= 11 is 6.02. The Morgan fingerprint density at radius 2 is 1.74 bits per heavy atom. The van der Waals surface area contributed by atoms with Crippen molar-refractivity contribution in [2.24, 2.45) is 5.92 Å². The second kappa shape index (κ2) is 10.5. The number of nitrogens with zero attached hydrogens (tertiary/aromatic N) is 3. The molecule has 2 aromatic heterocycles. The maximum absolute atomic E-state index is 13.7. The number of aryl methyl sites for hydroxylation is 2. The number of fused-ring (bicyclic) bond motifs is 1. The molecule has 1 fully saturated rings. The Kier molecular flexibility index (Phi) is 7.08. The van der Waals surface area contributed by atoms with E-state index in [0.29, 0.717) is 34.0 Å². The molecule has 0 aliphatic heterocycles. The van der Waals surface area contributed by atoms with Gasteiger partial charge in [-0.2, -0.15) is 0 Å². The van der Waals surface area contributed by atoms with Crippen molar-refractivity contribution in [3.05, 3.63) is 92.6 Å². The van der Waals surface area contributed by atoms with Crippen molar-refractivity contribution in [2.45, 2.75) is 52.1 Å². The van der Waals surface area contributed by atoms with Crippen molar-refractivity contribution >= 4 is 34.5 Å². The first-order valence-electron chi connectivity index (χ1n) is 12.7. The van der Waals surface area contributed by atoms with E-state index in [1.807, 2.05) is 37.3 Å². The average molecular weight is 533 g/mol. The Bertz CT molecular complexity index is 1600. The van der Waals surface area contributed by atoms with Gasteiger partial charge in [-0.25, -0.2) is 9.59 Å². The van der Waals surface area contributed by atoms with E-state index in [2.05, 4.69) is 10.3 Å². The maximum atomic E-state index is 13.7. The van der Waals surface area contributed by atoms with E-state index in [1.165, 1.54) is 10.8 Å². The summed E-state index contributed by atoms with van der Waals surface area (Å²) < 4.78 is 3.26. The summed E-state index contributed by atoms with van der Waals surface area (Å²) in [4.78, 5) is 42.6. The summed E-state index contributed by atoms with van der Waals surface area (Å²) in [5.41, 5.74) is 3.58. The van der Waals surface area contributed by atoms with Crippen LogP contribution in [0.15, 0.2) is 59.5 Å². The maximum Gasteiger partial charge on any atom is 0.337 e. The Balaban J connectivity index is 1.36. The zero-order valence-corrected chi connectivity index (χ0v) is 22.0. The van der Waals surface area contributed by atoms with Gasteiger partial charge in [0.05, 0.1) is 38.6 Å². The molecule has 2 heterocycles. The molecule has 0 radical (unpaired) electrons. The molecule has 196 valence electrons. The van der Waals surface area contributed by atoms with Gasteiger partial charge in [-0.3, -0.25) is 18.9 Å². The van der Waals surface area contributed by atoms with E-state index in [9.17, 15) is 19.5 Å². The third-order valence-electron chi connectivity index (χ3n) is 7.38. The number of halogens is 1. The summed E-state index contributed by atoms with van der Waals surface area (Å²) in [5.74, 6) is -0.990.